The Hall–Kier alpha value is -0.160. The van der Waals surface area contributed by atoms with Crippen molar-refractivity contribution in [1.82, 2.24) is 10.2 Å². The highest BCUT2D eigenvalue weighted by Crippen LogP contribution is 2.32. The van der Waals surface area contributed by atoms with Crippen LogP contribution in [0.1, 0.15) is 37.8 Å². The first-order valence-electron chi connectivity index (χ1n) is 7.12. The molecule has 1 atom stereocenters. The van der Waals surface area contributed by atoms with Crippen LogP contribution in [0.3, 0.4) is 0 Å². The van der Waals surface area contributed by atoms with Gasteiger partial charge in [-0.2, -0.15) is 0 Å². The predicted molar refractivity (Wildman–Crippen MR) is 88.1 cm³/mol. The second kappa shape index (κ2) is 8.98. The van der Waals surface area contributed by atoms with Crippen LogP contribution in [0.25, 0.3) is 0 Å². The molecule has 0 radical (unpaired) electrons. The summed E-state index contributed by atoms with van der Waals surface area (Å²) in [5.41, 5.74) is 1.09. The van der Waals surface area contributed by atoms with Crippen molar-refractivity contribution in [3.63, 3.8) is 0 Å². The van der Waals surface area contributed by atoms with E-state index in [0.29, 0.717) is 6.04 Å². The normalized spacial score (nSPS) is 17.6. The zero-order chi connectivity index (χ0) is 13.7. The van der Waals surface area contributed by atoms with Crippen LogP contribution in [-0.2, 0) is 0 Å². The number of hydrogen-bond acceptors (Lipinski definition) is 2. The standard InChI is InChI=1S/C15H22BrFN2.ClH/c1-2-3-4-15(19-9-7-18-8-10-19)13-11-12(17)5-6-14(13)16;/h5-6,11,15,18H,2-4,7-10H2,1H3;1H/t15-;/m0./s1. The fraction of sp³-hybridized carbons (Fsp3) is 0.600. The molecule has 0 saturated carbocycles. The summed E-state index contributed by atoms with van der Waals surface area (Å²) in [7, 11) is 0. The zero-order valence-corrected chi connectivity index (χ0v) is 14.3. The minimum absolute atomic E-state index is 0. The van der Waals surface area contributed by atoms with E-state index in [1.54, 1.807) is 6.07 Å². The van der Waals surface area contributed by atoms with Crippen LogP contribution < -0.4 is 5.32 Å². The molecule has 2 nitrogen and oxygen atoms in total. The van der Waals surface area contributed by atoms with Gasteiger partial charge in [-0.15, -0.1) is 12.4 Å². The number of piperazine rings is 1. The Bertz CT molecular complexity index is 411. The quantitative estimate of drug-likeness (QED) is 0.843. The van der Waals surface area contributed by atoms with E-state index in [0.717, 1.165) is 42.6 Å². The van der Waals surface area contributed by atoms with Gasteiger partial charge >= 0.3 is 0 Å². The van der Waals surface area contributed by atoms with Crippen molar-refractivity contribution >= 4 is 28.3 Å². The van der Waals surface area contributed by atoms with Crippen LogP contribution in [0.4, 0.5) is 4.39 Å². The molecule has 1 aromatic carbocycles. The van der Waals surface area contributed by atoms with Gasteiger partial charge in [0.05, 0.1) is 0 Å². The van der Waals surface area contributed by atoms with Gasteiger partial charge in [0.15, 0.2) is 0 Å². The maximum atomic E-state index is 13.5. The minimum atomic E-state index is -0.144. The summed E-state index contributed by atoms with van der Waals surface area (Å²) in [6.45, 7) is 6.33. The van der Waals surface area contributed by atoms with Crippen molar-refractivity contribution in [3.8, 4) is 0 Å². The molecule has 0 bridgehead atoms. The van der Waals surface area contributed by atoms with E-state index >= 15 is 0 Å². The number of rotatable bonds is 5. The molecule has 0 unspecified atom stereocenters. The molecule has 0 spiro atoms. The van der Waals surface area contributed by atoms with Crippen molar-refractivity contribution in [2.24, 2.45) is 0 Å². The SMILES string of the molecule is CCCC[C@@H](c1cc(F)ccc1Br)N1CCNCC1.Cl. The summed E-state index contributed by atoms with van der Waals surface area (Å²) in [5, 5.41) is 3.38. The summed E-state index contributed by atoms with van der Waals surface area (Å²) in [6, 6.07) is 5.35. The second-order valence-electron chi connectivity index (χ2n) is 5.11. The predicted octanol–water partition coefficient (Wildman–Crippen LogP) is 4.15. The molecular formula is C15H23BrClFN2. The van der Waals surface area contributed by atoms with E-state index in [9.17, 15) is 4.39 Å². The van der Waals surface area contributed by atoms with Gasteiger partial charge in [0.2, 0.25) is 0 Å². The Morgan fingerprint density at radius 2 is 2.05 bits per heavy atom. The molecule has 1 N–H and O–H groups in total. The first-order chi connectivity index (χ1) is 9.22. The Balaban J connectivity index is 0.00000200. The van der Waals surface area contributed by atoms with Crippen molar-refractivity contribution < 1.29 is 4.39 Å². The number of nitrogens with one attached hydrogen (secondary N) is 1. The van der Waals surface area contributed by atoms with Crippen LogP contribution in [0.2, 0.25) is 0 Å². The highest BCUT2D eigenvalue weighted by atomic mass is 79.9. The Labute approximate surface area is 135 Å². The van der Waals surface area contributed by atoms with Crippen LogP contribution in [0.5, 0.6) is 0 Å². The van der Waals surface area contributed by atoms with Crippen molar-refractivity contribution in [2.75, 3.05) is 26.2 Å². The Morgan fingerprint density at radius 1 is 1.35 bits per heavy atom. The van der Waals surface area contributed by atoms with Crippen LogP contribution in [0, 0.1) is 5.82 Å². The van der Waals surface area contributed by atoms with E-state index in [2.05, 4.69) is 33.1 Å². The zero-order valence-electron chi connectivity index (χ0n) is 11.9. The van der Waals surface area contributed by atoms with Gasteiger partial charge < -0.3 is 5.32 Å². The van der Waals surface area contributed by atoms with Crippen LogP contribution in [0.15, 0.2) is 22.7 Å². The first kappa shape index (κ1) is 17.9. The minimum Gasteiger partial charge on any atom is -0.314 e. The fourth-order valence-corrected chi connectivity index (χ4v) is 3.21. The monoisotopic (exact) mass is 364 g/mol. The van der Waals surface area contributed by atoms with E-state index in [1.165, 1.54) is 18.9 Å². The van der Waals surface area contributed by atoms with Crippen LogP contribution >= 0.6 is 28.3 Å². The third kappa shape index (κ3) is 4.69. The molecule has 0 amide bonds. The molecular weight excluding hydrogens is 343 g/mol. The van der Waals surface area contributed by atoms with Crippen molar-refractivity contribution in [2.45, 2.75) is 32.2 Å². The van der Waals surface area contributed by atoms with Gasteiger partial charge in [-0.3, -0.25) is 4.90 Å². The number of unbranched alkanes of at least 4 members (excludes halogenated alkanes) is 1. The van der Waals surface area contributed by atoms with Gasteiger partial charge in [0.1, 0.15) is 5.82 Å². The van der Waals surface area contributed by atoms with E-state index in [1.807, 2.05) is 6.07 Å². The molecule has 114 valence electrons. The summed E-state index contributed by atoms with van der Waals surface area (Å²) < 4.78 is 14.6. The number of hydrogen-bond donors (Lipinski definition) is 1. The topological polar surface area (TPSA) is 15.3 Å². The lowest BCUT2D eigenvalue weighted by atomic mass is 9.98. The van der Waals surface area contributed by atoms with Gasteiger partial charge in [-0.1, -0.05) is 35.7 Å². The Kier molecular flexibility index (Phi) is 8.03. The van der Waals surface area contributed by atoms with E-state index in [-0.39, 0.29) is 18.2 Å². The maximum absolute atomic E-state index is 13.5. The number of halogens is 3. The number of benzene rings is 1. The van der Waals surface area contributed by atoms with E-state index < -0.39 is 0 Å². The molecule has 1 aromatic rings. The average molecular weight is 366 g/mol. The maximum Gasteiger partial charge on any atom is 0.123 e. The molecule has 0 aromatic heterocycles. The van der Waals surface area contributed by atoms with E-state index in [4.69, 9.17) is 0 Å². The lowest BCUT2D eigenvalue weighted by Crippen LogP contribution is -2.45. The lowest BCUT2D eigenvalue weighted by molar-refractivity contribution is 0.162. The van der Waals surface area contributed by atoms with Gasteiger partial charge in [0, 0.05) is 36.7 Å². The smallest absolute Gasteiger partial charge is 0.123 e. The third-order valence-electron chi connectivity index (χ3n) is 3.74. The third-order valence-corrected chi connectivity index (χ3v) is 4.46. The van der Waals surface area contributed by atoms with Gasteiger partial charge in [0.25, 0.3) is 0 Å². The molecule has 1 aliphatic rings. The fourth-order valence-electron chi connectivity index (χ4n) is 2.70. The second-order valence-corrected chi connectivity index (χ2v) is 5.96. The molecule has 1 heterocycles. The lowest BCUT2D eigenvalue weighted by Gasteiger charge is -2.35. The highest BCUT2D eigenvalue weighted by Gasteiger charge is 2.23. The van der Waals surface area contributed by atoms with Gasteiger partial charge in [-0.25, -0.2) is 4.39 Å². The molecule has 1 saturated heterocycles. The highest BCUT2D eigenvalue weighted by molar-refractivity contribution is 9.10. The van der Waals surface area contributed by atoms with Crippen molar-refractivity contribution in [1.29, 1.82) is 0 Å². The average Bonchev–Trinajstić information content (AvgIpc) is 2.44. The summed E-state index contributed by atoms with van der Waals surface area (Å²) in [5.74, 6) is -0.144. The molecule has 20 heavy (non-hydrogen) atoms. The van der Waals surface area contributed by atoms with Crippen molar-refractivity contribution in [3.05, 3.63) is 34.1 Å². The largest absolute Gasteiger partial charge is 0.314 e. The Morgan fingerprint density at radius 3 is 2.70 bits per heavy atom. The summed E-state index contributed by atoms with van der Waals surface area (Å²) in [6.07, 6.45) is 3.45. The molecule has 2 rings (SSSR count). The summed E-state index contributed by atoms with van der Waals surface area (Å²) >= 11 is 3.58. The molecule has 1 fully saturated rings. The molecule has 5 heteroatoms. The summed E-state index contributed by atoms with van der Waals surface area (Å²) in [4.78, 5) is 2.48. The van der Waals surface area contributed by atoms with Crippen LogP contribution in [-0.4, -0.2) is 31.1 Å². The van der Waals surface area contributed by atoms with Gasteiger partial charge in [-0.05, 0) is 30.2 Å². The molecule has 1 aliphatic heterocycles. The first-order valence-corrected chi connectivity index (χ1v) is 7.91. The molecule has 0 aliphatic carbocycles. The number of nitrogens with zero attached hydrogens (tertiary/aromatic N) is 1.